The number of hydrogen-bond donors (Lipinski definition) is 5. The van der Waals surface area contributed by atoms with Gasteiger partial charge in [0.05, 0.1) is 18.6 Å². The van der Waals surface area contributed by atoms with Crippen molar-refractivity contribution in [2.45, 2.75) is 90.7 Å². The van der Waals surface area contributed by atoms with Gasteiger partial charge >= 0.3 is 12.0 Å². The van der Waals surface area contributed by atoms with Gasteiger partial charge in [0.2, 0.25) is 5.91 Å². The summed E-state index contributed by atoms with van der Waals surface area (Å²) in [6, 6.07) is 13.8. The predicted molar refractivity (Wildman–Crippen MR) is 171 cm³/mol. The van der Waals surface area contributed by atoms with Gasteiger partial charge in [-0.3, -0.25) is 20.2 Å². The smallest absolute Gasteiger partial charge is 0.321 e. The molecule has 2 saturated carbocycles. The molecule has 0 aromatic heterocycles. The molecule has 45 heavy (non-hydrogen) atoms. The molecule has 1 heterocycles. The summed E-state index contributed by atoms with van der Waals surface area (Å²) in [5, 5.41) is 23.3. The maximum atomic E-state index is 11.2. The molecule has 10 heteroatoms. The number of ether oxygens (including phenoxy) is 1. The van der Waals surface area contributed by atoms with Crippen molar-refractivity contribution >= 4 is 17.9 Å². The molecule has 1 aliphatic heterocycles. The van der Waals surface area contributed by atoms with E-state index < -0.39 is 6.03 Å². The number of esters is 1. The van der Waals surface area contributed by atoms with Crippen LogP contribution in [0.5, 0.6) is 5.75 Å². The molecule has 6 rings (SSSR count). The van der Waals surface area contributed by atoms with E-state index in [1.54, 1.807) is 6.92 Å². The Kier molecular flexibility index (Phi) is 11.8. The Hall–Kier alpha value is -3.31. The fourth-order valence-corrected chi connectivity index (χ4v) is 7.56. The first-order valence-electron chi connectivity index (χ1n) is 16.1. The molecule has 0 spiro atoms. The summed E-state index contributed by atoms with van der Waals surface area (Å²) in [4.78, 5) is 36.1. The van der Waals surface area contributed by atoms with Gasteiger partial charge in [0.1, 0.15) is 5.75 Å². The van der Waals surface area contributed by atoms with Crippen LogP contribution in [-0.2, 0) is 27.3 Å². The highest BCUT2D eigenvalue weighted by molar-refractivity contribution is 5.97. The fourth-order valence-electron chi connectivity index (χ4n) is 7.56. The number of imide groups is 1. The van der Waals surface area contributed by atoms with Gasteiger partial charge in [-0.05, 0) is 104 Å². The molecule has 0 bridgehead atoms. The molecule has 3 aliphatic carbocycles. The average Bonchev–Trinajstić information content (AvgIpc) is 3.30. The van der Waals surface area contributed by atoms with Crippen LogP contribution in [0, 0.1) is 30.1 Å². The van der Waals surface area contributed by atoms with E-state index in [0.717, 1.165) is 31.2 Å². The number of benzene rings is 2. The first-order valence-corrected chi connectivity index (χ1v) is 16.1. The number of aryl methyl sites for hydroxylation is 2. The van der Waals surface area contributed by atoms with E-state index >= 15 is 0 Å². The van der Waals surface area contributed by atoms with E-state index in [4.69, 9.17) is 15.7 Å². The Morgan fingerprint density at radius 2 is 1.84 bits per heavy atom. The van der Waals surface area contributed by atoms with Crippen molar-refractivity contribution in [1.29, 1.82) is 0 Å². The molecule has 2 aromatic carbocycles. The molecule has 6 N–H and O–H groups in total. The summed E-state index contributed by atoms with van der Waals surface area (Å²) in [5.41, 5.74) is 11.0. The Labute approximate surface area is 266 Å². The van der Waals surface area contributed by atoms with Gasteiger partial charge in [0.15, 0.2) is 0 Å². The first kappa shape index (κ1) is 34.6. The second-order valence-electron chi connectivity index (χ2n) is 13.4. The van der Waals surface area contributed by atoms with Gasteiger partial charge < -0.3 is 20.9 Å². The zero-order chi connectivity index (χ0) is 32.7. The maximum absolute atomic E-state index is 11.2. The van der Waals surface area contributed by atoms with Gasteiger partial charge in [-0.15, -0.1) is 0 Å². The number of urea groups is 1. The molecule has 3 amide bonds. The van der Waals surface area contributed by atoms with Crippen LogP contribution >= 0.6 is 0 Å². The number of carbonyl (C=O) groups excluding carboxylic acids is 3. The Balaban J connectivity index is 0.000000176. The Morgan fingerprint density at radius 1 is 1.11 bits per heavy atom. The number of carbonyl (C=O) groups is 3. The molecule has 3 fully saturated rings. The summed E-state index contributed by atoms with van der Waals surface area (Å²) in [6.45, 7) is 8.18. The SMILES string of the molecule is CC(=O)Oc1ccc2c(c1)CC[C@H]1C2CC[C@]2(C)C1CC[C@H]2O.CC1CNC(=O)NC1=O.Cc1ccc(CC(N)COO)cc1. The molecule has 7 atom stereocenters. The van der Waals surface area contributed by atoms with Crippen LogP contribution in [0.15, 0.2) is 42.5 Å². The van der Waals surface area contributed by atoms with Gasteiger partial charge in [0.25, 0.3) is 0 Å². The van der Waals surface area contributed by atoms with Gasteiger partial charge in [-0.2, -0.15) is 0 Å². The second kappa shape index (κ2) is 15.3. The monoisotopic (exact) mass is 623 g/mol. The first-order chi connectivity index (χ1) is 21.4. The van der Waals surface area contributed by atoms with Crippen LogP contribution < -0.4 is 21.1 Å². The molecule has 4 unspecified atom stereocenters. The van der Waals surface area contributed by atoms with Crippen LogP contribution in [0.2, 0.25) is 0 Å². The highest BCUT2D eigenvalue weighted by atomic mass is 17.1. The number of nitrogens with two attached hydrogens (primary N) is 1. The third-order valence-corrected chi connectivity index (χ3v) is 10.1. The second-order valence-corrected chi connectivity index (χ2v) is 13.4. The van der Waals surface area contributed by atoms with Crippen LogP contribution in [0.3, 0.4) is 0 Å². The Bertz CT molecular complexity index is 1330. The average molecular weight is 624 g/mol. The molecular formula is C35H49N3O7. The lowest BCUT2D eigenvalue weighted by atomic mass is 9.55. The van der Waals surface area contributed by atoms with Crippen molar-refractivity contribution in [1.82, 2.24) is 10.6 Å². The number of aliphatic hydroxyl groups is 1. The van der Waals surface area contributed by atoms with Crippen molar-refractivity contribution in [3.05, 3.63) is 64.7 Å². The maximum Gasteiger partial charge on any atom is 0.321 e. The minimum absolute atomic E-state index is 0.0947. The van der Waals surface area contributed by atoms with Crippen LogP contribution in [0.25, 0.3) is 0 Å². The molecular weight excluding hydrogens is 574 g/mol. The van der Waals surface area contributed by atoms with Crippen molar-refractivity contribution in [2.75, 3.05) is 13.2 Å². The summed E-state index contributed by atoms with van der Waals surface area (Å²) in [5.74, 6) is 2.11. The highest BCUT2D eigenvalue weighted by Gasteiger charge is 2.54. The number of aliphatic hydroxyl groups excluding tert-OH is 1. The van der Waals surface area contributed by atoms with Crippen LogP contribution in [-0.4, -0.2) is 53.6 Å². The van der Waals surface area contributed by atoms with E-state index in [1.807, 2.05) is 37.3 Å². The van der Waals surface area contributed by atoms with Crippen molar-refractivity contribution in [3.8, 4) is 5.75 Å². The number of hydrogen-bond acceptors (Lipinski definition) is 8. The zero-order valence-electron chi connectivity index (χ0n) is 26.9. The van der Waals surface area contributed by atoms with E-state index in [2.05, 4.69) is 34.6 Å². The Morgan fingerprint density at radius 3 is 2.49 bits per heavy atom. The number of fused-ring (bicyclic) bond motifs is 5. The van der Waals surface area contributed by atoms with Gasteiger partial charge in [0, 0.05) is 19.5 Å². The standard InChI is InChI=1S/C20H26O3.C10H15NO2.C5H8N2O2/c1-12(21)23-14-4-6-15-13(11-14)3-5-17-16(15)9-10-20(2)18(17)7-8-19(20)22;1-8-2-4-9(5-3-8)6-10(11)7-13-12;1-3-2-6-5(9)7-4(3)8/h4,6,11,16-19,22H,3,5,7-10H2,1-2H3;2-5,10,12H,6-7,11H2,1H3;3H,2H2,1H3,(H2,6,7,8,9)/t16?,17-,18?,19+,20+;;/m0../s1. The van der Waals surface area contributed by atoms with E-state index in [0.29, 0.717) is 30.0 Å². The van der Waals surface area contributed by atoms with Gasteiger partial charge in [-0.25, -0.2) is 9.68 Å². The molecule has 2 aromatic rings. The number of rotatable bonds is 5. The van der Waals surface area contributed by atoms with Gasteiger partial charge in [-0.1, -0.05) is 49.7 Å². The van der Waals surface area contributed by atoms with Crippen molar-refractivity contribution < 1.29 is 34.4 Å². The van der Waals surface area contributed by atoms with Crippen molar-refractivity contribution in [3.63, 3.8) is 0 Å². The highest BCUT2D eigenvalue weighted by Crippen LogP contribution is 2.60. The lowest BCUT2D eigenvalue weighted by molar-refractivity contribution is -0.245. The summed E-state index contributed by atoms with van der Waals surface area (Å²) >= 11 is 0. The zero-order valence-corrected chi connectivity index (χ0v) is 26.9. The van der Waals surface area contributed by atoms with E-state index in [-0.39, 0.29) is 42.0 Å². The molecule has 1 saturated heterocycles. The van der Waals surface area contributed by atoms with E-state index in [1.165, 1.54) is 42.9 Å². The lowest BCUT2D eigenvalue weighted by Gasteiger charge is -2.50. The third kappa shape index (κ3) is 8.70. The molecule has 246 valence electrons. The van der Waals surface area contributed by atoms with E-state index in [9.17, 15) is 19.5 Å². The van der Waals surface area contributed by atoms with Crippen LogP contribution in [0.4, 0.5) is 4.79 Å². The lowest BCUT2D eigenvalue weighted by Crippen LogP contribution is -2.51. The van der Waals surface area contributed by atoms with Crippen LogP contribution in [0.1, 0.15) is 81.0 Å². The quantitative estimate of drug-likeness (QED) is 0.139. The molecule has 4 aliphatic rings. The topological polar surface area (TPSA) is 160 Å². The number of amides is 3. The fraction of sp³-hybridized carbons (Fsp3) is 0.571. The summed E-state index contributed by atoms with van der Waals surface area (Å²) in [6.07, 6.45) is 7.34. The minimum atomic E-state index is -0.391. The minimum Gasteiger partial charge on any atom is -0.427 e. The normalized spacial score (nSPS) is 28.7. The number of nitrogens with one attached hydrogen (secondary N) is 2. The summed E-state index contributed by atoms with van der Waals surface area (Å²) in [7, 11) is 0. The predicted octanol–water partition coefficient (Wildman–Crippen LogP) is 4.65. The van der Waals surface area contributed by atoms with Crippen molar-refractivity contribution in [2.24, 2.45) is 28.9 Å². The molecule has 0 radical (unpaired) electrons. The largest absolute Gasteiger partial charge is 0.427 e. The third-order valence-electron chi connectivity index (χ3n) is 10.1. The summed E-state index contributed by atoms with van der Waals surface area (Å²) < 4.78 is 5.24. The molecule has 10 nitrogen and oxygen atoms in total.